The number of benzene rings is 3. The summed E-state index contributed by atoms with van der Waals surface area (Å²) in [7, 11) is 0. The zero-order valence-electron chi connectivity index (χ0n) is 17.8. The van der Waals surface area contributed by atoms with E-state index in [1.165, 1.54) is 0 Å². The summed E-state index contributed by atoms with van der Waals surface area (Å²) >= 11 is 0. The lowest BCUT2D eigenvalue weighted by atomic mass is 9.82. The number of hydrogen-bond acceptors (Lipinski definition) is 3. The summed E-state index contributed by atoms with van der Waals surface area (Å²) in [5, 5.41) is 2.89. The average Bonchev–Trinajstić information content (AvgIpc) is 3.06. The highest BCUT2D eigenvalue weighted by atomic mass is 16.2. The molecule has 1 aliphatic rings. The molecular formula is C26H24N2O3. The molecule has 1 atom stereocenters. The van der Waals surface area contributed by atoms with Gasteiger partial charge in [0.1, 0.15) is 6.04 Å². The molecular weight excluding hydrogens is 388 g/mol. The Morgan fingerprint density at radius 1 is 0.839 bits per heavy atom. The van der Waals surface area contributed by atoms with Gasteiger partial charge in [0.15, 0.2) is 11.3 Å². The highest BCUT2D eigenvalue weighted by molar-refractivity contribution is 6.14. The summed E-state index contributed by atoms with van der Waals surface area (Å²) in [6.07, 6.45) is 0. The Hall–Kier alpha value is -3.73. The molecule has 1 heterocycles. The van der Waals surface area contributed by atoms with E-state index in [1.54, 1.807) is 19.1 Å². The van der Waals surface area contributed by atoms with E-state index in [2.05, 4.69) is 5.32 Å². The Morgan fingerprint density at radius 2 is 1.39 bits per heavy atom. The number of ketones is 1. The molecule has 5 heteroatoms. The molecule has 0 radical (unpaired) electrons. The van der Waals surface area contributed by atoms with Crippen LogP contribution >= 0.6 is 0 Å². The predicted molar refractivity (Wildman–Crippen MR) is 119 cm³/mol. The van der Waals surface area contributed by atoms with Gasteiger partial charge in [0.25, 0.3) is 5.91 Å². The largest absolute Gasteiger partial charge is 0.326 e. The van der Waals surface area contributed by atoms with Gasteiger partial charge < -0.3 is 5.32 Å². The number of carbonyl (C=O) groups excluding carboxylic acids is 3. The first kappa shape index (κ1) is 20.5. The molecule has 0 bridgehead atoms. The molecule has 0 aliphatic carbocycles. The summed E-state index contributed by atoms with van der Waals surface area (Å²) in [5.74, 6) is -0.733. The molecule has 0 aromatic heterocycles. The predicted octanol–water partition coefficient (Wildman–Crippen LogP) is 4.37. The molecule has 5 nitrogen and oxygen atoms in total. The highest BCUT2D eigenvalue weighted by Crippen LogP contribution is 2.37. The molecule has 1 N–H and O–H groups in total. The van der Waals surface area contributed by atoms with Crippen LogP contribution in [-0.4, -0.2) is 28.7 Å². The van der Waals surface area contributed by atoms with Gasteiger partial charge in [-0.3, -0.25) is 14.5 Å². The molecule has 31 heavy (non-hydrogen) atoms. The first-order valence-corrected chi connectivity index (χ1v) is 10.2. The highest BCUT2D eigenvalue weighted by Gasteiger charge is 2.55. The van der Waals surface area contributed by atoms with Crippen LogP contribution in [0, 0.1) is 13.8 Å². The van der Waals surface area contributed by atoms with E-state index in [0.717, 1.165) is 16.0 Å². The third-order valence-corrected chi connectivity index (χ3v) is 6.02. The second kappa shape index (κ2) is 7.84. The minimum absolute atomic E-state index is 0.275. The van der Waals surface area contributed by atoms with Crippen LogP contribution in [0.5, 0.6) is 0 Å². The van der Waals surface area contributed by atoms with Crippen LogP contribution in [0.2, 0.25) is 0 Å². The van der Waals surface area contributed by atoms with Crippen LogP contribution < -0.4 is 5.32 Å². The monoisotopic (exact) mass is 412 g/mol. The van der Waals surface area contributed by atoms with Crippen molar-refractivity contribution in [2.75, 3.05) is 0 Å². The van der Waals surface area contributed by atoms with Gasteiger partial charge in [0.2, 0.25) is 0 Å². The van der Waals surface area contributed by atoms with E-state index in [-0.39, 0.29) is 5.78 Å². The number of imide groups is 1. The van der Waals surface area contributed by atoms with Gasteiger partial charge in [-0.05, 0) is 49.1 Å². The second-order valence-electron chi connectivity index (χ2n) is 7.93. The lowest BCUT2D eigenvalue weighted by molar-refractivity contribution is -0.131. The van der Waals surface area contributed by atoms with Crippen LogP contribution in [0.3, 0.4) is 0 Å². The summed E-state index contributed by atoms with van der Waals surface area (Å²) < 4.78 is 0. The number of nitrogens with one attached hydrogen (secondary N) is 1. The number of aryl methyl sites for hydroxylation is 2. The first-order chi connectivity index (χ1) is 14.9. The Bertz CT molecular complexity index is 1120. The minimum Gasteiger partial charge on any atom is -0.315 e. The molecule has 0 spiro atoms. The van der Waals surface area contributed by atoms with Crippen LogP contribution in [0.25, 0.3) is 0 Å². The number of rotatable bonds is 5. The molecule has 3 amide bonds. The number of Topliss-reactive ketones (excluding diaryl/α,β-unsaturated/α-hetero) is 1. The average molecular weight is 412 g/mol. The van der Waals surface area contributed by atoms with Crippen molar-refractivity contribution in [2.45, 2.75) is 32.4 Å². The Labute approximate surface area is 181 Å². The number of carbonyl (C=O) groups is 3. The Kier molecular flexibility index (Phi) is 5.19. The van der Waals surface area contributed by atoms with Crippen molar-refractivity contribution in [3.8, 4) is 0 Å². The van der Waals surface area contributed by atoms with Crippen molar-refractivity contribution >= 4 is 17.7 Å². The van der Waals surface area contributed by atoms with Crippen LogP contribution in [0.4, 0.5) is 4.79 Å². The van der Waals surface area contributed by atoms with Gasteiger partial charge in [-0.2, -0.15) is 0 Å². The third-order valence-electron chi connectivity index (χ3n) is 6.02. The van der Waals surface area contributed by atoms with Crippen LogP contribution in [-0.2, 0) is 10.3 Å². The fraction of sp³-hybridized carbons (Fsp3) is 0.192. The zero-order valence-corrected chi connectivity index (χ0v) is 17.8. The third kappa shape index (κ3) is 3.32. The Balaban J connectivity index is 1.77. The minimum atomic E-state index is -1.38. The molecule has 0 unspecified atom stereocenters. The van der Waals surface area contributed by atoms with Gasteiger partial charge in [0, 0.05) is 5.56 Å². The maximum absolute atomic E-state index is 13.8. The normalized spacial score (nSPS) is 16.2. The maximum Gasteiger partial charge on any atom is 0.326 e. The number of amides is 3. The SMILES string of the molecule is Cc1ccc(C(=O)[C@H](C)N2C(=O)NC(c3ccccc3)(c3ccccc3)C2=O)cc1C. The molecule has 4 rings (SSSR count). The summed E-state index contributed by atoms with van der Waals surface area (Å²) in [5.41, 5.74) is 2.45. The maximum atomic E-state index is 13.8. The van der Waals surface area contributed by atoms with Crippen LogP contribution in [0.1, 0.15) is 39.5 Å². The standard InChI is InChI=1S/C26H24N2O3/c1-17-14-15-20(16-18(17)2)23(29)19(3)28-24(30)26(27-25(28)31,21-10-6-4-7-11-21)22-12-8-5-9-13-22/h4-16,19H,1-3H3,(H,27,31)/t19-/m0/s1. The quantitative estimate of drug-likeness (QED) is 0.500. The fourth-order valence-electron chi connectivity index (χ4n) is 4.09. The lowest BCUT2D eigenvalue weighted by Crippen LogP contribution is -2.47. The molecule has 156 valence electrons. The van der Waals surface area contributed by atoms with Gasteiger partial charge in [-0.25, -0.2) is 4.79 Å². The van der Waals surface area contributed by atoms with Gasteiger partial charge in [-0.15, -0.1) is 0 Å². The second-order valence-corrected chi connectivity index (χ2v) is 7.93. The summed E-state index contributed by atoms with van der Waals surface area (Å²) in [6.45, 7) is 5.50. The van der Waals surface area contributed by atoms with Gasteiger partial charge in [0.05, 0.1) is 0 Å². The number of nitrogens with zero attached hydrogens (tertiary/aromatic N) is 1. The molecule has 3 aromatic rings. The van der Waals surface area contributed by atoms with E-state index in [4.69, 9.17) is 0 Å². The number of hydrogen-bond donors (Lipinski definition) is 1. The smallest absolute Gasteiger partial charge is 0.315 e. The lowest BCUT2D eigenvalue weighted by Gasteiger charge is -2.29. The van der Waals surface area contributed by atoms with E-state index in [9.17, 15) is 14.4 Å². The van der Waals surface area contributed by atoms with E-state index < -0.39 is 23.5 Å². The van der Waals surface area contributed by atoms with Crippen molar-refractivity contribution < 1.29 is 14.4 Å². The molecule has 0 saturated carbocycles. The van der Waals surface area contributed by atoms with Crippen LogP contribution in [0.15, 0.2) is 78.9 Å². The summed E-state index contributed by atoms with van der Waals surface area (Å²) in [4.78, 5) is 41.2. The molecule has 1 fully saturated rings. The van der Waals surface area contributed by atoms with Crippen molar-refractivity contribution in [2.24, 2.45) is 0 Å². The van der Waals surface area contributed by atoms with E-state index in [0.29, 0.717) is 16.7 Å². The number of urea groups is 1. The molecule has 1 aliphatic heterocycles. The fourth-order valence-corrected chi connectivity index (χ4v) is 4.09. The van der Waals surface area contributed by atoms with Gasteiger partial charge in [-0.1, -0.05) is 72.8 Å². The Morgan fingerprint density at radius 3 is 1.90 bits per heavy atom. The van der Waals surface area contributed by atoms with E-state index >= 15 is 0 Å². The van der Waals surface area contributed by atoms with Crippen molar-refractivity contribution in [3.63, 3.8) is 0 Å². The van der Waals surface area contributed by atoms with Crippen molar-refractivity contribution in [1.29, 1.82) is 0 Å². The molecule has 3 aromatic carbocycles. The van der Waals surface area contributed by atoms with Gasteiger partial charge >= 0.3 is 6.03 Å². The first-order valence-electron chi connectivity index (χ1n) is 10.2. The molecule has 1 saturated heterocycles. The topological polar surface area (TPSA) is 66.5 Å². The van der Waals surface area contributed by atoms with Crippen molar-refractivity contribution in [3.05, 3.63) is 107 Å². The zero-order chi connectivity index (χ0) is 22.2. The van der Waals surface area contributed by atoms with Crippen molar-refractivity contribution in [1.82, 2.24) is 10.2 Å². The van der Waals surface area contributed by atoms with E-state index in [1.807, 2.05) is 80.6 Å². The summed E-state index contributed by atoms with van der Waals surface area (Å²) in [6, 6.07) is 22.1.